The van der Waals surface area contributed by atoms with Crippen molar-refractivity contribution >= 4 is 8.24 Å². The number of nitrogens with zero attached hydrogens (tertiary/aromatic N) is 1. The predicted molar refractivity (Wildman–Crippen MR) is 83.3 cm³/mol. The molecule has 0 amide bonds. The van der Waals surface area contributed by atoms with Gasteiger partial charge in [-0.05, 0) is 55.8 Å². The lowest BCUT2D eigenvalue weighted by molar-refractivity contribution is 0.214. The summed E-state index contributed by atoms with van der Waals surface area (Å²) in [6, 6.07) is 1.29. The van der Waals surface area contributed by atoms with Crippen LogP contribution in [0.3, 0.4) is 0 Å². The van der Waals surface area contributed by atoms with Crippen molar-refractivity contribution in [1.82, 2.24) is 4.57 Å². The Labute approximate surface area is 114 Å². The second-order valence-corrected chi connectivity index (χ2v) is 11.2. The highest BCUT2D eigenvalue weighted by atomic mass is 28.3. The van der Waals surface area contributed by atoms with Gasteiger partial charge in [0.15, 0.2) is 0 Å². The van der Waals surface area contributed by atoms with E-state index in [2.05, 4.69) is 49.7 Å². The highest BCUT2D eigenvalue weighted by Gasteiger charge is 2.33. The maximum Gasteiger partial charge on any atom is 0.125 e. The van der Waals surface area contributed by atoms with Gasteiger partial charge in [0.25, 0.3) is 0 Å². The topological polar surface area (TPSA) is 3.24 Å². The molecular formula is C16H29NSi. The molecule has 0 radical (unpaired) electrons. The minimum Gasteiger partial charge on any atom is -0.324 e. The van der Waals surface area contributed by atoms with Gasteiger partial charge in [0, 0.05) is 0 Å². The first-order valence-corrected chi connectivity index (χ1v) is 10.8. The summed E-state index contributed by atoms with van der Waals surface area (Å²) >= 11 is 0. The Balaban J connectivity index is 1.88. The molecule has 0 aromatic carbocycles. The predicted octanol–water partition coefficient (Wildman–Crippen LogP) is 4.45. The van der Waals surface area contributed by atoms with E-state index in [9.17, 15) is 0 Å². The third-order valence-electron chi connectivity index (χ3n) is 4.94. The molecule has 1 saturated carbocycles. The summed E-state index contributed by atoms with van der Waals surface area (Å²) in [5, 5.41) is 0. The van der Waals surface area contributed by atoms with Crippen LogP contribution in [0.2, 0.25) is 19.1 Å². The number of fused-ring (bicyclic) bond motifs is 1. The average Bonchev–Trinajstić information content (AvgIpc) is 2.29. The molecule has 0 aliphatic heterocycles. The van der Waals surface area contributed by atoms with Crippen molar-refractivity contribution in [3.8, 4) is 0 Å². The molecule has 2 bridgehead atoms. The van der Waals surface area contributed by atoms with Crippen LogP contribution in [0, 0.1) is 11.8 Å². The molecule has 0 spiro atoms. The van der Waals surface area contributed by atoms with Gasteiger partial charge in [0.2, 0.25) is 0 Å². The molecule has 3 aliphatic carbocycles. The number of rotatable bonds is 6. The van der Waals surface area contributed by atoms with Crippen molar-refractivity contribution in [1.29, 1.82) is 0 Å². The molecule has 0 unspecified atom stereocenters. The first-order chi connectivity index (χ1) is 8.56. The fourth-order valence-corrected chi connectivity index (χ4v) is 6.23. The molecule has 102 valence electrons. The molecule has 2 heteroatoms. The van der Waals surface area contributed by atoms with E-state index in [0.29, 0.717) is 0 Å². The van der Waals surface area contributed by atoms with Crippen LogP contribution in [0.4, 0.5) is 0 Å². The van der Waals surface area contributed by atoms with Crippen molar-refractivity contribution in [3.05, 3.63) is 23.8 Å². The summed E-state index contributed by atoms with van der Waals surface area (Å²) in [4.78, 5) is 0. The summed E-state index contributed by atoms with van der Waals surface area (Å²) < 4.78 is 2.69. The molecule has 0 aromatic rings. The maximum absolute atomic E-state index is 2.69. The minimum absolute atomic E-state index is 0.915. The molecule has 0 N–H and O–H groups in total. The quantitative estimate of drug-likeness (QED) is 0.640. The lowest BCUT2D eigenvalue weighted by Gasteiger charge is -2.40. The molecule has 3 rings (SSSR count). The highest BCUT2D eigenvalue weighted by molar-refractivity contribution is 6.75. The van der Waals surface area contributed by atoms with Crippen LogP contribution in [-0.2, 0) is 0 Å². The molecule has 3 aliphatic rings. The Hall–Kier alpha value is -0.343. The summed E-state index contributed by atoms with van der Waals surface area (Å²) in [5.74, 6) is 1.95. The zero-order chi connectivity index (χ0) is 13.2. The zero-order valence-corrected chi connectivity index (χ0v) is 13.6. The first kappa shape index (κ1) is 14.1. The lowest BCUT2D eigenvalue weighted by Crippen LogP contribution is -2.47. The third kappa shape index (κ3) is 2.97. The monoisotopic (exact) mass is 263 g/mol. The van der Waals surface area contributed by atoms with Crippen molar-refractivity contribution < 1.29 is 0 Å². The second-order valence-electron chi connectivity index (χ2n) is 6.57. The Kier molecular flexibility index (Phi) is 4.49. The van der Waals surface area contributed by atoms with E-state index in [1.54, 1.807) is 5.57 Å². The number of hydrogen-bond acceptors (Lipinski definition) is 1. The van der Waals surface area contributed by atoms with Crippen LogP contribution in [0.15, 0.2) is 23.8 Å². The van der Waals surface area contributed by atoms with Crippen LogP contribution in [0.5, 0.6) is 0 Å². The van der Waals surface area contributed by atoms with E-state index in [-0.39, 0.29) is 0 Å². The molecule has 1 nitrogen and oxygen atoms in total. The van der Waals surface area contributed by atoms with Gasteiger partial charge >= 0.3 is 0 Å². The molecule has 18 heavy (non-hydrogen) atoms. The van der Waals surface area contributed by atoms with Gasteiger partial charge in [0.1, 0.15) is 8.24 Å². The van der Waals surface area contributed by atoms with Gasteiger partial charge < -0.3 is 4.57 Å². The van der Waals surface area contributed by atoms with Gasteiger partial charge in [-0.25, -0.2) is 0 Å². The first-order valence-electron chi connectivity index (χ1n) is 7.68. The lowest BCUT2D eigenvalue weighted by atomic mass is 9.65. The standard InChI is InChI=1S/C16H29NSi/c1-5-17(6-2)18(3,4)11-7-8-15-10-9-14-12-16(15)13-14/h7-8,10,14,16H,5-6,9,11-13H2,1-4H3/b8-7-. The number of hydrogen-bond donors (Lipinski definition) is 0. The normalized spacial score (nSPS) is 27.5. The van der Waals surface area contributed by atoms with E-state index in [1.807, 2.05) is 0 Å². The van der Waals surface area contributed by atoms with Crippen LogP contribution in [0.25, 0.3) is 0 Å². The fraction of sp³-hybridized carbons (Fsp3) is 0.750. The highest BCUT2D eigenvalue weighted by Crippen LogP contribution is 2.45. The Bertz CT molecular complexity index is 333. The molecular weight excluding hydrogens is 234 g/mol. The van der Waals surface area contributed by atoms with Gasteiger partial charge in [-0.3, -0.25) is 0 Å². The van der Waals surface area contributed by atoms with Crippen LogP contribution in [0.1, 0.15) is 33.1 Å². The van der Waals surface area contributed by atoms with Crippen molar-refractivity contribution in [2.75, 3.05) is 13.1 Å². The Morgan fingerprint density at radius 3 is 2.44 bits per heavy atom. The SMILES string of the molecule is CCN(CC)[Si](C)(C)C/C=C\C1=CCC2CC1C2. The van der Waals surface area contributed by atoms with Gasteiger partial charge in [0.05, 0.1) is 0 Å². The molecule has 1 fully saturated rings. The third-order valence-corrected chi connectivity index (χ3v) is 8.52. The Morgan fingerprint density at radius 1 is 1.28 bits per heavy atom. The largest absolute Gasteiger partial charge is 0.324 e. The van der Waals surface area contributed by atoms with Crippen molar-refractivity contribution in [3.63, 3.8) is 0 Å². The average molecular weight is 264 g/mol. The van der Waals surface area contributed by atoms with E-state index < -0.39 is 8.24 Å². The summed E-state index contributed by atoms with van der Waals surface area (Å²) in [6.45, 7) is 12.0. The second kappa shape index (κ2) is 5.75. The molecule has 0 saturated heterocycles. The molecule has 0 atom stereocenters. The fourth-order valence-electron chi connectivity index (χ4n) is 3.57. The van der Waals surface area contributed by atoms with Gasteiger partial charge in [-0.2, -0.15) is 0 Å². The van der Waals surface area contributed by atoms with Crippen LogP contribution in [-0.4, -0.2) is 25.9 Å². The smallest absolute Gasteiger partial charge is 0.125 e. The summed E-state index contributed by atoms with van der Waals surface area (Å²) in [5.41, 5.74) is 1.64. The van der Waals surface area contributed by atoms with Crippen molar-refractivity contribution in [2.24, 2.45) is 11.8 Å². The van der Waals surface area contributed by atoms with Crippen molar-refractivity contribution in [2.45, 2.75) is 52.2 Å². The molecule has 0 aromatic heterocycles. The molecule has 0 heterocycles. The van der Waals surface area contributed by atoms with E-state index >= 15 is 0 Å². The van der Waals surface area contributed by atoms with E-state index in [4.69, 9.17) is 0 Å². The minimum atomic E-state index is -1.21. The van der Waals surface area contributed by atoms with Gasteiger partial charge in [-0.1, -0.05) is 45.2 Å². The van der Waals surface area contributed by atoms with Gasteiger partial charge in [-0.15, -0.1) is 0 Å². The van der Waals surface area contributed by atoms with E-state index in [0.717, 1.165) is 11.8 Å². The zero-order valence-electron chi connectivity index (χ0n) is 12.6. The Morgan fingerprint density at radius 2 is 1.94 bits per heavy atom. The summed E-state index contributed by atoms with van der Waals surface area (Å²) in [7, 11) is -1.21. The number of allylic oxidation sites excluding steroid dienone is 4. The van der Waals surface area contributed by atoms with Crippen LogP contribution < -0.4 is 0 Å². The summed E-state index contributed by atoms with van der Waals surface area (Å²) in [6.07, 6.45) is 11.7. The maximum atomic E-state index is 2.69. The van der Waals surface area contributed by atoms with Crippen LogP contribution >= 0.6 is 0 Å². The van der Waals surface area contributed by atoms with E-state index in [1.165, 1.54) is 38.4 Å².